The summed E-state index contributed by atoms with van der Waals surface area (Å²) in [5.41, 5.74) is 1.32. The van der Waals surface area contributed by atoms with Gasteiger partial charge in [-0.2, -0.15) is 0 Å². The normalized spacial score (nSPS) is 21.5. The van der Waals surface area contributed by atoms with Gasteiger partial charge < -0.3 is 9.80 Å². The van der Waals surface area contributed by atoms with Crippen LogP contribution in [0.25, 0.3) is 0 Å². The minimum absolute atomic E-state index is 0.0701. The number of carbonyl (C=O) groups is 2. The molecule has 0 aromatic heterocycles. The Kier molecular flexibility index (Phi) is 6.09. The van der Waals surface area contributed by atoms with Crippen LogP contribution in [0.3, 0.4) is 0 Å². The van der Waals surface area contributed by atoms with E-state index in [1.165, 1.54) is 5.56 Å². The first-order valence-electron chi connectivity index (χ1n) is 9.50. The molecule has 0 aliphatic carbocycles. The molecule has 0 saturated carbocycles. The zero-order chi connectivity index (χ0) is 18.5. The largest absolute Gasteiger partial charge is 0.342 e. The summed E-state index contributed by atoms with van der Waals surface area (Å²) in [5.74, 6) is 0.0378. The Labute approximate surface area is 156 Å². The number of amides is 2. The Morgan fingerprint density at radius 1 is 1.27 bits per heavy atom. The molecule has 5 nitrogen and oxygen atoms in total. The van der Waals surface area contributed by atoms with Crippen LogP contribution in [0.1, 0.15) is 24.8 Å². The molecule has 1 atom stereocenters. The Hall–Kier alpha value is -2.14. The monoisotopic (exact) mass is 355 g/mol. The maximum atomic E-state index is 12.8. The predicted molar refractivity (Wildman–Crippen MR) is 102 cm³/mol. The molecule has 1 aromatic rings. The van der Waals surface area contributed by atoms with E-state index in [0.717, 1.165) is 32.5 Å². The summed E-state index contributed by atoms with van der Waals surface area (Å²) in [6.07, 6.45) is 4.05. The molecule has 1 unspecified atom stereocenters. The molecular weight excluding hydrogens is 326 g/mol. The number of carbonyl (C=O) groups excluding carboxylic acids is 2. The Morgan fingerprint density at radius 2 is 1.96 bits per heavy atom. The number of nitrogens with zero attached hydrogens (tertiary/aromatic N) is 3. The zero-order valence-corrected chi connectivity index (χ0v) is 15.6. The smallest absolute Gasteiger partial charge is 0.227 e. The second-order valence-corrected chi connectivity index (χ2v) is 7.45. The minimum atomic E-state index is -0.180. The lowest BCUT2D eigenvalue weighted by molar-refractivity contribution is -0.137. The van der Waals surface area contributed by atoms with Gasteiger partial charge in [-0.1, -0.05) is 36.4 Å². The summed E-state index contributed by atoms with van der Waals surface area (Å²) in [6.45, 7) is 7.27. The van der Waals surface area contributed by atoms with E-state index in [4.69, 9.17) is 0 Å². The van der Waals surface area contributed by atoms with Crippen molar-refractivity contribution in [3.8, 4) is 0 Å². The fourth-order valence-electron chi connectivity index (χ4n) is 4.06. The van der Waals surface area contributed by atoms with Crippen molar-refractivity contribution in [1.82, 2.24) is 14.7 Å². The molecule has 26 heavy (non-hydrogen) atoms. The van der Waals surface area contributed by atoms with E-state index >= 15 is 0 Å². The van der Waals surface area contributed by atoms with Gasteiger partial charge in [0, 0.05) is 45.2 Å². The summed E-state index contributed by atoms with van der Waals surface area (Å²) in [6, 6.07) is 11.0. The molecule has 2 saturated heterocycles. The summed E-state index contributed by atoms with van der Waals surface area (Å²) in [7, 11) is 2.16. The molecule has 2 fully saturated rings. The molecule has 2 heterocycles. The van der Waals surface area contributed by atoms with Crippen molar-refractivity contribution < 1.29 is 9.59 Å². The van der Waals surface area contributed by atoms with Crippen LogP contribution in [-0.4, -0.2) is 65.8 Å². The van der Waals surface area contributed by atoms with Gasteiger partial charge in [0.15, 0.2) is 0 Å². The molecule has 2 amide bonds. The first-order valence-corrected chi connectivity index (χ1v) is 9.50. The lowest BCUT2D eigenvalue weighted by Crippen LogP contribution is -2.47. The summed E-state index contributed by atoms with van der Waals surface area (Å²) >= 11 is 0. The van der Waals surface area contributed by atoms with E-state index in [1.54, 1.807) is 11.0 Å². The third-order valence-corrected chi connectivity index (χ3v) is 5.59. The van der Waals surface area contributed by atoms with E-state index in [-0.39, 0.29) is 17.7 Å². The molecule has 2 aliphatic heterocycles. The van der Waals surface area contributed by atoms with Crippen LogP contribution in [0.15, 0.2) is 43.0 Å². The number of piperidine rings is 1. The van der Waals surface area contributed by atoms with E-state index in [0.29, 0.717) is 25.6 Å². The Morgan fingerprint density at radius 3 is 2.62 bits per heavy atom. The van der Waals surface area contributed by atoms with Gasteiger partial charge >= 0.3 is 0 Å². The average molecular weight is 355 g/mol. The fraction of sp³-hybridized carbons (Fsp3) is 0.524. The minimum Gasteiger partial charge on any atom is -0.342 e. The average Bonchev–Trinajstić information content (AvgIpc) is 3.03. The van der Waals surface area contributed by atoms with Gasteiger partial charge in [-0.15, -0.1) is 6.58 Å². The number of hydrogen-bond acceptors (Lipinski definition) is 3. The molecule has 5 heteroatoms. The lowest BCUT2D eigenvalue weighted by Gasteiger charge is -2.37. The number of likely N-dealkylation sites (tertiary alicyclic amines) is 2. The van der Waals surface area contributed by atoms with Crippen LogP contribution in [0, 0.1) is 5.92 Å². The molecule has 3 rings (SSSR count). The first-order chi connectivity index (χ1) is 12.6. The highest BCUT2D eigenvalue weighted by atomic mass is 16.2. The number of benzene rings is 1. The molecule has 140 valence electrons. The molecule has 0 spiro atoms. The Balaban J connectivity index is 1.48. The van der Waals surface area contributed by atoms with Gasteiger partial charge in [0.1, 0.15) is 0 Å². The van der Waals surface area contributed by atoms with Crippen molar-refractivity contribution in [3.63, 3.8) is 0 Å². The van der Waals surface area contributed by atoms with Gasteiger partial charge in [0.05, 0.1) is 5.92 Å². The van der Waals surface area contributed by atoms with Gasteiger partial charge in [-0.05, 0) is 25.5 Å². The van der Waals surface area contributed by atoms with Crippen molar-refractivity contribution in [2.24, 2.45) is 5.92 Å². The second-order valence-electron chi connectivity index (χ2n) is 7.45. The molecule has 1 aromatic carbocycles. The van der Waals surface area contributed by atoms with Crippen LogP contribution in [-0.2, 0) is 16.1 Å². The molecule has 0 bridgehead atoms. The van der Waals surface area contributed by atoms with E-state index < -0.39 is 0 Å². The van der Waals surface area contributed by atoms with Gasteiger partial charge in [0.25, 0.3) is 0 Å². The lowest BCUT2D eigenvalue weighted by atomic mass is 10.00. The second kappa shape index (κ2) is 8.49. The van der Waals surface area contributed by atoms with Gasteiger partial charge in [-0.25, -0.2) is 0 Å². The van der Waals surface area contributed by atoms with E-state index in [1.807, 2.05) is 11.0 Å². The van der Waals surface area contributed by atoms with Gasteiger partial charge in [-0.3, -0.25) is 14.5 Å². The summed E-state index contributed by atoms with van der Waals surface area (Å²) < 4.78 is 0. The van der Waals surface area contributed by atoms with Crippen LogP contribution in [0.2, 0.25) is 0 Å². The third-order valence-electron chi connectivity index (χ3n) is 5.59. The van der Waals surface area contributed by atoms with Crippen LogP contribution < -0.4 is 0 Å². The maximum Gasteiger partial charge on any atom is 0.227 e. The molecule has 0 radical (unpaired) electrons. The van der Waals surface area contributed by atoms with E-state index in [2.05, 4.69) is 42.8 Å². The first kappa shape index (κ1) is 18.6. The van der Waals surface area contributed by atoms with Crippen LogP contribution >= 0.6 is 0 Å². The van der Waals surface area contributed by atoms with Crippen LogP contribution in [0.4, 0.5) is 0 Å². The van der Waals surface area contributed by atoms with Crippen LogP contribution in [0.5, 0.6) is 0 Å². The molecule has 0 N–H and O–H groups in total. The number of rotatable bonds is 6. The van der Waals surface area contributed by atoms with Crippen molar-refractivity contribution >= 4 is 11.8 Å². The summed E-state index contributed by atoms with van der Waals surface area (Å²) in [4.78, 5) is 30.8. The highest BCUT2D eigenvalue weighted by molar-refractivity contribution is 5.89. The fourth-order valence-corrected chi connectivity index (χ4v) is 4.06. The topological polar surface area (TPSA) is 43.9 Å². The highest BCUT2D eigenvalue weighted by Crippen LogP contribution is 2.24. The Bertz CT molecular complexity index is 638. The number of hydrogen-bond donors (Lipinski definition) is 0. The zero-order valence-electron chi connectivity index (χ0n) is 15.6. The molecular formula is C21H29N3O2. The van der Waals surface area contributed by atoms with Crippen molar-refractivity contribution in [2.75, 3.05) is 33.2 Å². The molecule has 2 aliphatic rings. The standard InChI is InChI=1S/C21H29N3O2/c1-3-11-24-16-18(14-20(24)25)21(26)23-12-9-19(10-13-23)22(2)15-17-7-5-4-6-8-17/h3-8,18-19H,1,9-16H2,2H3. The predicted octanol–water partition coefficient (Wildman–Crippen LogP) is 2.14. The quantitative estimate of drug-likeness (QED) is 0.735. The van der Waals surface area contributed by atoms with Crippen molar-refractivity contribution in [3.05, 3.63) is 48.6 Å². The van der Waals surface area contributed by atoms with Crippen molar-refractivity contribution in [1.29, 1.82) is 0 Å². The van der Waals surface area contributed by atoms with Crippen molar-refractivity contribution in [2.45, 2.75) is 31.8 Å². The van der Waals surface area contributed by atoms with E-state index in [9.17, 15) is 9.59 Å². The summed E-state index contributed by atoms with van der Waals surface area (Å²) in [5, 5.41) is 0. The van der Waals surface area contributed by atoms with Gasteiger partial charge in [0.2, 0.25) is 11.8 Å². The highest BCUT2D eigenvalue weighted by Gasteiger charge is 2.37. The third kappa shape index (κ3) is 4.33. The maximum absolute atomic E-state index is 12.8. The SMILES string of the molecule is C=CCN1CC(C(=O)N2CCC(N(C)Cc3ccccc3)CC2)CC1=O.